The third kappa shape index (κ3) is 3.61. The van der Waals surface area contributed by atoms with E-state index in [1.165, 1.54) is 4.90 Å². The minimum absolute atomic E-state index is 0.136. The lowest BCUT2D eigenvalue weighted by Crippen LogP contribution is -2.51. The molecule has 0 spiro atoms. The number of carbonyl (C=O) groups excluding carboxylic acids is 1. The van der Waals surface area contributed by atoms with Gasteiger partial charge in [-0.15, -0.1) is 0 Å². The van der Waals surface area contributed by atoms with Gasteiger partial charge in [0.05, 0.1) is 25.7 Å². The number of nitrogens with one attached hydrogen (secondary N) is 1. The first-order chi connectivity index (χ1) is 9.06. The zero-order valence-electron chi connectivity index (χ0n) is 10.3. The Morgan fingerprint density at radius 1 is 1.63 bits per heavy atom. The second-order valence-corrected chi connectivity index (χ2v) is 4.85. The van der Waals surface area contributed by atoms with Crippen LogP contribution in [-0.4, -0.2) is 57.2 Å². The number of amides is 2. The fraction of sp³-hybridized carbons (Fsp3) is 0.600. The summed E-state index contributed by atoms with van der Waals surface area (Å²) >= 11 is 1.09. The Balaban J connectivity index is 2.00. The Kier molecular flexibility index (Phi) is 4.27. The highest BCUT2D eigenvalue weighted by atomic mass is 32.1. The van der Waals surface area contributed by atoms with Crippen LogP contribution in [0.25, 0.3) is 0 Å². The normalized spacial score (nSPS) is 19.2. The third-order valence-corrected chi connectivity index (χ3v) is 3.36. The van der Waals surface area contributed by atoms with Gasteiger partial charge < -0.3 is 14.7 Å². The molecule has 104 valence electrons. The number of aryl methyl sites for hydroxylation is 1. The van der Waals surface area contributed by atoms with Crippen molar-refractivity contribution in [1.29, 1.82) is 0 Å². The lowest BCUT2D eigenvalue weighted by molar-refractivity contribution is -0.139. The number of anilines is 1. The number of aliphatic carboxylic acids is 1. The van der Waals surface area contributed by atoms with Crippen LogP contribution in [0, 0.1) is 6.92 Å². The summed E-state index contributed by atoms with van der Waals surface area (Å²) in [5, 5.41) is 11.8. The topological polar surface area (TPSA) is 105 Å². The van der Waals surface area contributed by atoms with Gasteiger partial charge in [-0.25, -0.2) is 9.78 Å². The molecule has 0 aliphatic carbocycles. The molecule has 19 heavy (non-hydrogen) atoms. The van der Waals surface area contributed by atoms with Crippen LogP contribution in [0.2, 0.25) is 0 Å². The van der Waals surface area contributed by atoms with Gasteiger partial charge in [0.15, 0.2) is 0 Å². The Labute approximate surface area is 113 Å². The first-order valence-corrected chi connectivity index (χ1v) is 6.51. The van der Waals surface area contributed by atoms with Gasteiger partial charge in [-0.1, -0.05) is 0 Å². The van der Waals surface area contributed by atoms with E-state index >= 15 is 0 Å². The van der Waals surface area contributed by atoms with Gasteiger partial charge >= 0.3 is 12.0 Å². The molecule has 9 heteroatoms. The molecule has 0 radical (unpaired) electrons. The molecule has 1 aliphatic rings. The largest absolute Gasteiger partial charge is 0.481 e. The van der Waals surface area contributed by atoms with Gasteiger partial charge in [0.1, 0.15) is 5.82 Å². The standard InChI is InChI=1S/C10H14N4O4S/c1-6-11-9(19-13-6)12-10(17)14-2-3-18-5-7(14)4-8(15)16/h7H,2-5H2,1H3,(H,15,16)(H,11,12,13,17). The molecule has 1 unspecified atom stereocenters. The van der Waals surface area contributed by atoms with Crippen LogP contribution in [0.5, 0.6) is 0 Å². The molecule has 1 saturated heterocycles. The molecular weight excluding hydrogens is 272 g/mol. The van der Waals surface area contributed by atoms with Crippen LogP contribution >= 0.6 is 11.5 Å². The van der Waals surface area contributed by atoms with E-state index in [1.54, 1.807) is 6.92 Å². The number of urea groups is 1. The zero-order chi connectivity index (χ0) is 13.8. The number of carboxylic acids is 1. The predicted octanol–water partition coefficient (Wildman–Crippen LogP) is 0.554. The zero-order valence-corrected chi connectivity index (χ0v) is 11.1. The number of hydrogen-bond donors (Lipinski definition) is 2. The van der Waals surface area contributed by atoms with Crippen molar-refractivity contribution in [1.82, 2.24) is 14.3 Å². The van der Waals surface area contributed by atoms with E-state index in [0.29, 0.717) is 24.1 Å². The van der Waals surface area contributed by atoms with Gasteiger partial charge in [-0.05, 0) is 6.92 Å². The fourth-order valence-corrected chi connectivity index (χ4v) is 2.37. The monoisotopic (exact) mass is 286 g/mol. The van der Waals surface area contributed by atoms with Gasteiger partial charge in [0, 0.05) is 18.1 Å². The summed E-state index contributed by atoms with van der Waals surface area (Å²) in [7, 11) is 0. The molecule has 0 aromatic carbocycles. The Bertz CT molecular complexity index is 478. The van der Waals surface area contributed by atoms with Crippen LogP contribution in [0.1, 0.15) is 12.2 Å². The van der Waals surface area contributed by atoms with Crippen molar-refractivity contribution in [3.63, 3.8) is 0 Å². The number of carbonyl (C=O) groups is 2. The van der Waals surface area contributed by atoms with Gasteiger partial charge in [0.25, 0.3) is 0 Å². The van der Waals surface area contributed by atoms with Crippen molar-refractivity contribution in [2.24, 2.45) is 0 Å². The summed E-state index contributed by atoms with van der Waals surface area (Å²) < 4.78 is 9.17. The second-order valence-electron chi connectivity index (χ2n) is 4.10. The molecule has 2 heterocycles. The average molecular weight is 286 g/mol. The molecule has 1 aromatic rings. The van der Waals surface area contributed by atoms with Crippen LogP contribution in [-0.2, 0) is 9.53 Å². The maximum Gasteiger partial charge on any atom is 0.324 e. The van der Waals surface area contributed by atoms with E-state index < -0.39 is 12.0 Å². The molecule has 2 N–H and O–H groups in total. The highest BCUT2D eigenvalue weighted by Gasteiger charge is 2.29. The number of morpholine rings is 1. The molecule has 2 amide bonds. The van der Waals surface area contributed by atoms with Crippen molar-refractivity contribution < 1.29 is 19.4 Å². The third-order valence-electron chi connectivity index (χ3n) is 2.64. The maximum absolute atomic E-state index is 12.1. The van der Waals surface area contributed by atoms with Crippen LogP contribution in [0.3, 0.4) is 0 Å². The highest BCUT2D eigenvalue weighted by Crippen LogP contribution is 2.15. The van der Waals surface area contributed by atoms with E-state index in [2.05, 4.69) is 14.7 Å². The van der Waals surface area contributed by atoms with E-state index in [1.807, 2.05) is 0 Å². The Morgan fingerprint density at radius 2 is 2.42 bits per heavy atom. The Morgan fingerprint density at radius 3 is 3.05 bits per heavy atom. The van der Waals surface area contributed by atoms with Crippen molar-refractivity contribution in [3.05, 3.63) is 5.82 Å². The summed E-state index contributed by atoms with van der Waals surface area (Å²) in [6.07, 6.45) is -0.136. The van der Waals surface area contributed by atoms with E-state index in [4.69, 9.17) is 9.84 Å². The SMILES string of the molecule is Cc1nsc(NC(=O)N2CCOCC2CC(=O)O)n1. The molecular formula is C10H14N4O4S. The highest BCUT2D eigenvalue weighted by molar-refractivity contribution is 7.09. The van der Waals surface area contributed by atoms with Crippen LogP contribution in [0.15, 0.2) is 0 Å². The van der Waals surface area contributed by atoms with Crippen molar-refractivity contribution in [2.75, 3.05) is 25.1 Å². The quantitative estimate of drug-likeness (QED) is 0.841. The van der Waals surface area contributed by atoms with Gasteiger partial charge in [0.2, 0.25) is 5.13 Å². The summed E-state index contributed by atoms with van der Waals surface area (Å²) in [6.45, 7) is 2.73. The van der Waals surface area contributed by atoms with E-state index in [9.17, 15) is 9.59 Å². The predicted molar refractivity (Wildman–Crippen MR) is 67.2 cm³/mol. The number of carboxylic acid groups (broad SMARTS) is 1. The molecule has 1 atom stereocenters. The summed E-state index contributed by atoms with van der Waals surface area (Å²) in [6, 6.07) is -0.828. The number of aromatic nitrogens is 2. The molecule has 8 nitrogen and oxygen atoms in total. The molecule has 1 aromatic heterocycles. The molecule has 0 bridgehead atoms. The van der Waals surface area contributed by atoms with E-state index in [0.717, 1.165) is 11.5 Å². The minimum Gasteiger partial charge on any atom is -0.481 e. The number of nitrogens with zero attached hydrogens (tertiary/aromatic N) is 3. The number of rotatable bonds is 3. The van der Waals surface area contributed by atoms with Crippen LogP contribution < -0.4 is 5.32 Å². The smallest absolute Gasteiger partial charge is 0.324 e. The fourth-order valence-electron chi connectivity index (χ4n) is 1.80. The molecule has 1 fully saturated rings. The maximum atomic E-state index is 12.1. The summed E-state index contributed by atoms with van der Waals surface area (Å²) in [5.41, 5.74) is 0. The minimum atomic E-state index is -0.958. The Hall–Kier alpha value is -1.74. The second kappa shape index (κ2) is 5.93. The lowest BCUT2D eigenvalue weighted by atomic mass is 10.1. The first-order valence-electron chi connectivity index (χ1n) is 5.73. The van der Waals surface area contributed by atoms with Crippen molar-refractivity contribution in [3.8, 4) is 0 Å². The first kappa shape index (κ1) is 13.7. The van der Waals surface area contributed by atoms with Crippen molar-refractivity contribution in [2.45, 2.75) is 19.4 Å². The molecule has 0 saturated carbocycles. The number of ether oxygens (including phenoxy) is 1. The van der Waals surface area contributed by atoms with Crippen molar-refractivity contribution >= 4 is 28.7 Å². The summed E-state index contributed by atoms with van der Waals surface area (Å²) in [5.74, 6) is -0.371. The van der Waals surface area contributed by atoms with Gasteiger partial charge in [-0.3, -0.25) is 10.1 Å². The lowest BCUT2D eigenvalue weighted by Gasteiger charge is -2.34. The molecule has 2 rings (SSSR count). The van der Waals surface area contributed by atoms with Gasteiger partial charge in [-0.2, -0.15) is 4.37 Å². The number of hydrogen-bond acceptors (Lipinski definition) is 6. The van der Waals surface area contributed by atoms with Crippen LogP contribution in [0.4, 0.5) is 9.93 Å². The molecule has 1 aliphatic heterocycles. The summed E-state index contributed by atoms with van der Waals surface area (Å²) in [4.78, 5) is 28.3. The van der Waals surface area contributed by atoms with E-state index in [-0.39, 0.29) is 19.1 Å². The average Bonchev–Trinajstić information content (AvgIpc) is 2.74.